The fourth-order valence-electron chi connectivity index (χ4n) is 4.12. The number of H-pyrrole nitrogens is 1. The summed E-state index contributed by atoms with van der Waals surface area (Å²) in [4.78, 5) is 15.2. The Morgan fingerprint density at radius 2 is 2.00 bits per heavy atom. The van der Waals surface area contributed by atoms with E-state index in [4.69, 9.17) is 9.47 Å². The first-order valence-electron chi connectivity index (χ1n) is 9.82. The van der Waals surface area contributed by atoms with Crippen LogP contribution in [0.1, 0.15) is 41.3 Å². The molecule has 7 heteroatoms. The Morgan fingerprint density at radius 3 is 2.72 bits per heavy atom. The molecule has 1 aromatic carbocycles. The molecule has 3 heterocycles. The minimum absolute atomic E-state index is 0.0393. The van der Waals surface area contributed by atoms with Gasteiger partial charge in [-0.15, -0.1) is 0 Å². The zero-order valence-corrected chi connectivity index (χ0v) is 17.2. The van der Waals surface area contributed by atoms with Crippen molar-refractivity contribution in [2.45, 2.75) is 32.9 Å². The van der Waals surface area contributed by atoms with Crippen molar-refractivity contribution >= 4 is 5.91 Å². The van der Waals surface area contributed by atoms with Crippen molar-refractivity contribution in [3.05, 3.63) is 53.5 Å². The van der Waals surface area contributed by atoms with Gasteiger partial charge >= 0.3 is 0 Å². The molecule has 2 aromatic heterocycles. The van der Waals surface area contributed by atoms with Crippen molar-refractivity contribution in [1.82, 2.24) is 19.7 Å². The van der Waals surface area contributed by atoms with E-state index >= 15 is 0 Å². The van der Waals surface area contributed by atoms with E-state index < -0.39 is 0 Å². The van der Waals surface area contributed by atoms with Gasteiger partial charge in [-0.2, -0.15) is 5.10 Å². The van der Waals surface area contributed by atoms with Crippen LogP contribution in [0.4, 0.5) is 0 Å². The molecule has 152 valence electrons. The average molecular weight is 394 g/mol. The molecular weight excluding hydrogens is 368 g/mol. The number of amides is 1. The maximum atomic E-state index is 13.3. The van der Waals surface area contributed by atoms with E-state index in [1.807, 2.05) is 23.1 Å². The molecule has 1 aliphatic heterocycles. The first-order valence-corrected chi connectivity index (χ1v) is 9.82. The number of carbonyl (C=O) groups excluding carboxylic acids is 1. The quantitative estimate of drug-likeness (QED) is 0.714. The number of nitrogens with zero attached hydrogens (tertiary/aromatic N) is 3. The number of benzene rings is 1. The first kappa shape index (κ1) is 19.1. The van der Waals surface area contributed by atoms with Gasteiger partial charge in [0.2, 0.25) is 0 Å². The molecule has 0 fully saturated rings. The second kappa shape index (κ2) is 7.66. The van der Waals surface area contributed by atoms with Crippen molar-refractivity contribution in [1.29, 1.82) is 0 Å². The number of hydrogen-bond donors (Lipinski definition) is 1. The maximum Gasteiger partial charge on any atom is 0.272 e. The number of nitrogens with one attached hydrogen (secondary N) is 1. The number of hydrogen-bond acceptors (Lipinski definition) is 4. The predicted octanol–water partition coefficient (Wildman–Crippen LogP) is 3.81. The lowest BCUT2D eigenvalue weighted by molar-refractivity contribution is 0.0610. The van der Waals surface area contributed by atoms with Crippen LogP contribution in [0.25, 0.3) is 11.3 Å². The van der Waals surface area contributed by atoms with E-state index in [1.165, 1.54) is 11.4 Å². The molecule has 1 aliphatic rings. The van der Waals surface area contributed by atoms with Gasteiger partial charge in [0.25, 0.3) is 5.91 Å². The zero-order chi connectivity index (χ0) is 20.5. The molecule has 3 aromatic rings. The lowest BCUT2D eigenvalue weighted by Crippen LogP contribution is -2.42. The standard InChI is InChI=1S/C22H26N4O3/c1-5-19-20-8-6-14(2)25(20)10-11-26(19)22(27)18-13-17(23-24-18)16-12-15(28-3)7-9-21(16)29-4/h6-9,12-13,19H,5,10-11H2,1-4H3,(H,23,24)/t19-/m0/s1. The Morgan fingerprint density at radius 1 is 1.17 bits per heavy atom. The van der Waals surface area contributed by atoms with Gasteiger partial charge in [-0.25, -0.2) is 0 Å². The summed E-state index contributed by atoms with van der Waals surface area (Å²) in [5, 5.41) is 7.29. The lowest BCUT2D eigenvalue weighted by atomic mass is 10.1. The third-order valence-electron chi connectivity index (χ3n) is 5.65. The maximum absolute atomic E-state index is 13.3. The van der Waals surface area contributed by atoms with Crippen LogP contribution in [-0.2, 0) is 6.54 Å². The number of ether oxygens (including phenoxy) is 2. The monoisotopic (exact) mass is 394 g/mol. The second-order valence-electron chi connectivity index (χ2n) is 7.21. The third-order valence-corrected chi connectivity index (χ3v) is 5.65. The molecule has 0 bridgehead atoms. The summed E-state index contributed by atoms with van der Waals surface area (Å²) < 4.78 is 13.1. The molecule has 0 saturated carbocycles. The van der Waals surface area contributed by atoms with E-state index in [9.17, 15) is 4.79 Å². The summed E-state index contributed by atoms with van der Waals surface area (Å²) in [5.41, 5.74) is 4.32. The molecule has 0 saturated heterocycles. The van der Waals surface area contributed by atoms with E-state index in [0.717, 1.165) is 18.5 Å². The highest BCUT2D eigenvalue weighted by molar-refractivity contribution is 5.94. The van der Waals surface area contributed by atoms with Crippen molar-refractivity contribution in [3.8, 4) is 22.8 Å². The van der Waals surface area contributed by atoms with Gasteiger partial charge in [0, 0.05) is 30.0 Å². The Balaban J connectivity index is 1.64. The number of fused-ring (bicyclic) bond motifs is 1. The summed E-state index contributed by atoms with van der Waals surface area (Å²) in [6.45, 7) is 5.70. The van der Waals surface area contributed by atoms with E-state index in [1.54, 1.807) is 20.3 Å². The van der Waals surface area contributed by atoms with Crippen LogP contribution < -0.4 is 9.47 Å². The fraction of sp³-hybridized carbons (Fsp3) is 0.364. The van der Waals surface area contributed by atoms with E-state index in [-0.39, 0.29) is 11.9 Å². The summed E-state index contributed by atoms with van der Waals surface area (Å²) in [5.74, 6) is 1.34. The van der Waals surface area contributed by atoms with Gasteiger partial charge in [0.05, 0.1) is 26.0 Å². The Bertz CT molecular complexity index is 1040. The molecule has 1 N–H and O–H groups in total. The number of methoxy groups -OCH3 is 2. The van der Waals surface area contributed by atoms with Gasteiger partial charge in [0.1, 0.15) is 17.2 Å². The molecule has 1 amide bonds. The summed E-state index contributed by atoms with van der Waals surface area (Å²) in [6, 6.07) is 11.6. The highest BCUT2D eigenvalue weighted by Gasteiger charge is 2.32. The molecule has 0 radical (unpaired) electrons. The molecule has 1 atom stereocenters. The third kappa shape index (κ3) is 3.26. The topological polar surface area (TPSA) is 72.4 Å². The fourth-order valence-corrected chi connectivity index (χ4v) is 4.12. The second-order valence-corrected chi connectivity index (χ2v) is 7.21. The predicted molar refractivity (Wildman–Crippen MR) is 110 cm³/mol. The summed E-state index contributed by atoms with van der Waals surface area (Å²) in [7, 11) is 3.23. The number of aryl methyl sites for hydroxylation is 1. The van der Waals surface area contributed by atoms with Crippen LogP contribution >= 0.6 is 0 Å². The molecule has 0 spiro atoms. The largest absolute Gasteiger partial charge is 0.497 e. The van der Waals surface area contributed by atoms with Crippen molar-refractivity contribution in [2.75, 3.05) is 20.8 Å². The normalized spacial score (nSPS) is 15.9. The van der Waals surface area contributed by atoms with Crippen LogP contribution in [0.2, 0.25) is 0 Å². The first-order chi connectivity index (χ1) is 14.1. The lowest BCUT2D eigenvalue weighted by Gasteiger charge is -2.36. The SMILES string of the molecule is CC[C@H]1c2ccc(C)n2CCN1C(=O)c1cc(-c2cc(OC)ccc2OC)n[nH]1. The van der Waals surface area contributed by atoms with Gasteiger partial charge < -0.3 is 18.9 Å². The number of aromatic amines is 1. The van der Waals surface area contributed by atoms with Gasteiger partial charge in [-0.05, 0) is 49.7 Å². The van der Waals surface area contributed by atoms with E-state index in [2.05, 4.69) is 40.7 Å². The average Bonchev–Trinajstić information content (AvgIpc) is 3.39. The van der Waals surface area contributed by atoms with Crippen molar-refractivity contribution < 1.29 is 14.3 Å². The van der Waals surface area contributed by atoms with E-state index in [0.29, 0.717) is 29.4 Å². The summed E-state index contributed by atoms with van der Waals surface area (Å²) in [6.07, 6.45) is 0.861. The van der Waals surface area contributed by atoms with Gasteiger partial charge in [-0.1, -0.05) is 6.92 Å². The van der Waals surface area contributed by atoms with Crippen LogP contribution in [0.15, 0.2) is 36.4 Å². The smallest absolute Gasteiger partial charge is 0.272 e. The number of carbonyl (C=O) groups is 1. The molecule has 4 rings (SSSR count). The summed E-state index contributed by atoms with van der Waals surface area (Å²) >= 11 is 0. The van der Waals surface area contributed by atoms with Crippen LogP contribution in [0, 0.1) is 6.92 Å². The minimum atomic E-state index is -0.0393. The van der Waals surface area contributed by atoms with Crippen molar-refractivity contribution in [2.24, 2.45) is 0 Å². The van der Waals surface area contributed by atoms with Crippen LogP contribution in [0.5, 0.6) is 11.5 Å². The minimum Gasteiger partial charge on any atom is -0.497 e. The number of rotatable bonds is 5. The molecular formula is C22H26N4O3. The highest BCUT2D eigenvalue weighted by Crippen LogP contribution is 2.34. The number of aromatic nitrogens is 3. The zero-order valence-electron chi connectivity index (χ0n) is 17.2. The van der Waals surface area contributed by atoms with Crippen LogP contribution in [-0.4, -0.2) is 46.3 Å². The molecule has 29 heavy (non-hydrogen) atoms. The molecule has 7 nitrogen and oxygen atoms in total. The Hall–Kier alpha value is -3.22. The Kier molecular flexibility index (Phi) is 5.05. The molecule has 0 unspecified atom stereocenters. The Labute approximate surface area is 170 Å². The van der Waals surface area contributed by atoms with Crippen LogP contribution in [0.3, 0.4) is 0 Å². The van der Waals surface area contributed by atoms with Crippen molar-refractivity contribution in [3.63, 3.8) is 0 Å². The highest BCUT2D eigenvalue weighted by atomic mass is 16.5. The molecule has 0 aliphatic carbocycles. The van der Waals surface area contributed by atoms with Gasteiger partial charge in [-0.3, -0.25) is 9.89 Å². The van der Waals surface area contributed by atoms with Gasteiger partial charge in [0.15, 0.2) is 0 Å².